The minimum absolute atomic E-state index is 0.00106. The van der Waals surface area contributed by atoms with Gasteiger partial charge in [-0.3, -0.25) is 4.79 Å². The van der Waals surface area contributed by atoms with Crippen molar-refractivity contribution in [3.63, 3.8) is 0 Å². The van der Waals surface area contributed by atoms with Gasteiger partial charge in [-0.2, -0.15) is 0 Å². The molecule has 0 saturated carbocycles. The monoisotopic (exact) mass is 256 g/mol. The third-order valence-corrected chi connectivity index (χ3v) is 4.87. The summed E-state index contributed by atoms with van der Waals surface area (Å²) in [6.45, 7) is 0.877. The normalized spacial score (nSPS) is 34.8. The predicted molar refractivity (Wildman–Crippen MR) is 72.0 cm³/mol. The first-order valence-corrected chi connectivity index (χ1v) is 6.77. The summed E-state index contributed by atoms with van der Waals surface area (Å²) in [4.78, 5) is 11.5. The maximum atomic E-state index is 11.5. The first-order valence-electron chi connectivity index (χ1n) is 6.77. The molecule has 98 valence electrons. The maximum Gasteiger partial charge on any atom is 0.308 e. The van der Waals surface area contributed by atoms with E-state index in [4.69, 9.17) is 0 Å². The highest BCUT2D eigenvalue weighted by atomic mass is 16.4. The van der Waals surface area contributed by atoms with Gasteiger partial charge in [0.15, 0.2) is 0 Å². The number of hydrogen-bond donors (Lipinski definition) is 3. The van der Waals surface area contributed by atoms with Crippen molar-refractivity contribution in [1.29, 1.82) is 0 Å². The lowest BCUT2D eigenvalue weighted by atomic mass is 9.65. The number of fused-ring (bicyclic) bond motifs is 1. The fourth-order valence-corrected chi connectivity index (χ4v) is 4.08. The lowest BCUT2D eigenvalue weighted by Crippen LogP contribution is -2.50. The van der Waals surface area contributed by atoms with E-state index in [9.17, 15) is 9.90 Å². The third kappa shape index (κ3) is 1.24. The quantitative estimate of drug-likeness (QED) is 0.715. The van der Waals surface area contributed by atoms with E-state index in [-0.39, 0.29) is 17.4 Å². The standard InChI is InChI=1S/C15H16N2O2/c18-14(19)9-5-6-12-15(7-8-16-13(9)15)10-3-1-2-4-11(10)17-12/h1-4,6,9,13,16-17H,5,7-8H2,(H,18,19). The van der Waals surface area contributed by atoms with Gasteiger partial charge < -0.3 is 15.7 Å². The Morgan fingerprint density at radius 3 is 3.05 bits per heavy atom. The summed E-state index contributed by atoms with van der Waals surface area (Å²) in [6.07, 6.45) is 3.66. The van der Waals surface area contributed by atoms with Crippen LogP contribution in [-0.4, -0.2) is 23.7 Å². The molecule has 1 aromatic rings. The molecule has 1 aliphatic carbocycles. The largest absolute Gasteiger partial charge is 0.481 e. The van der Waals surface area contributed by atoms with Gasteiger partial charge in [0.05, 0.1) is 11.3 Å². The molecule has 3 atom stereocenters. The summed E-state index contributed by atoms with van der Waals surface area (Å²) >= 11 is 0. The Morgan fingerprint density at radius 1 is 1.37 bits per heavy atom. The van der Waals surface area contributed by atoms with Crippen molar-refractivity contribution in [2.75, 3.05) is 11.9 Å². The van der Waals surface area contributed by atoms with Gasteiger partial charge in [-0.25, -0.2) is 0 Å². The number of para-hydroxylation sites is 1. The van der Waals surface area contributed by atoms with Gasteiger partial charge in [0.1, 0.15) is 0 Å². The van der Waals surface area contributed by atoms with Crippen LogP contribution in [0, 0.1) is 5.92 Å². The second kappa shape index (κ2) is 3.61. The molecule has 1 spiro atoms. The summed E-state index contributed by atoms with van der Waals surface area (Å²) in [7, 11) is 0. The number of rotatable bonds is 1. The molecule has 0 radical (unpaired) electrons. The fourth-order valence-electron chi connectivity index (χ4n) is 4.08. The van der Waals surface area contributed by atoms with Gasteiger partial charge in [0, 0.05) is 17.4 Å². The van der Waals surface area contributed by atoms with E-state index in [2.05, 4.69) is 28.8 Å². The molecule has 4 nitrogen and oxygen atoms in total. The molecular weight excluding hydrogens is 240 g/mol. The predicted octanol–water partition coefficient (Wildman–Crippen LogP) is 1.70. The van der Waals surface area contributed by atoms with Crippen LogP contribution in [0.4, 0.5) is 5.69 Å². The topological polar surface area (TPSA) is 61.4 Å². The van der Waals surface area contributed by atoms with Crippen LogP contribution >= 0.6 is 0 Å². The van der Waals surface area contributed by atoms with Crippen LogP contribution in [0.1, 0.15) is 18.4 Å². The van der Waals surface area contributed by atoms with Crippen LogP contribution in [0.25, 0.3) is 0 Å². The molecule has 1 saturated heterocycles. The van der Waals surface area contributed by atoms with Gasteiger partial charge in [0.2, 0.25) is 0 Å². The minimum atomic E-state index is -0.696. The zero-order valence-corrected chi connectivity index (χ0v) is 10.5. The molecule has 4 rings (SSSR count). The molecule has 3 aliphatic rings. The highest BCUT2D eigenvalue weighted by molar-refractivity contribution is 5.77. The van der Waals surface area contributed by atoms with Crippen molar-refractivity contribution >= 4 is 11.7 Å². The zero-order valence-electron chi connectivity index (χ0n) is 10.5. The average molecular weight is 256 g/mol. The van der Waals surface area contributed by atoms with E-state index >= 15 is 0 Å². The summed E-state index contributed by atoms with van der Waals surface area (Å²) in [5.74, 6) is -1.03. The molecule has 0 aromatic heterocycles. The van der Waals surface area contributed by atoms with Gasteiger partial charge >= 0.3 is 5.97 Å². The van der Waals surface area contributed by atoms with E-state index < -0.39 is 5.97 Å². The van der Waals surface area contributed by atoms with E-state index in [1.165, 1.54) is 11.3 Å². The number of aliphatic carboxylic acids is 1. The number of anilines is 1. The van der Waals surface area contributed by atoms with Crippen molar-refractivity contribution in [2.45, 2.75) is 24.3 Å². The van der Waals surface area contributed by atoms with Crippen LogP contribution in [0.5, 0.6) is 0 Å². The highest BCUT2D eigenvalue weighted by Gasteiger charge is 2.57. The van der Waals surface area contributed by atoms with Gasteiger partial charge in [-0.05, 0) is 31.0 Å². The zero-order chi connectivity index (χ0) is 13.0. The summed E-state index contributed by atoms with van der Waals surface area (Å²) in [5.41, 5.74) is 3.43. The number of hydrogen-bond acceptors (Lipinski definition) is 3. The molecular formula is C15H16N2O2. The molecule has 3 N–H and O–H groups in total. The Morgan fingerprint density at radius 2 is 2.21 bits per heavy atom. The molecule has 2 heterocycles. The van der Waals surface area contributed by atoms with Crippen LogP contribution in [0.15, 0.2) is 36.0 Å². The van der Waals surface area contributed by atoms with Crippen molar-refractivity contribution in [3.8, 4) is 0 Å². The summed E-state index contributed by atoms with van der Waals surface area (Å²) in [5, 5.41) is 16.4. The summed E-state index contributed by atoms with van der Waals surface area (Å²) in [6, 6.07) is 8.27. The first kappa shape index (κ1) is 11.1. The number of carbonyl (C=O) groups is 1. The van der Waals surface area contributed by atoms with E-state index in [0.29, 0.717) is 6.42 Å². The number of carboxylic acids is 1. The van der Waals surface area contributed by atoms with E-state index in [1.54, 1.807) is 0 Å². The lowest BCUT2D eigenvalue weighted by Gasteiger charge is -2.39. The van der Waals surface area contributed by atoms with E-state index in [0.717, 1.165) is 18.7 Å². The number of nitrogens with one attached hydrogen (secondary N) is 2. The van der Waals surface area contributed by atoms with Gasteiger partial charge in [-0.15, -0.1) is 0 Å². The fraction of sp³-hybridized carbons (Fsp3) is 0.400. The van der Waals surface area contributed by atoms with Crippen molar-refractivity contribution in [2.24, 2.45) is 5.92 Å². The van der Waals surface area contributed by atoms with Crippen molar-refractivity contribution in [3.05, 3.63) is 41.6 Å². The van der Waals surface area contributed by atoms with Gasteiger partial charge in [0.25, 0.3) is 0 Å². The van der Waals surface area contributed by atoms with Crippen LogP contribution in [0.2, 0.25) is 0 Å². The second-order valence-electron chi connectivity index (χ2n) is 5.62. The SMILES string of the molecule is O=C(O)C1CC=C2Nc3ccccc3C23CCNC13. The number of allylic oxidation sites excluding steroid dienone is 1. The second-order valence-corrected chi connectivity index (χ2v) is 5.62. The highest BCUT2D eigenvalue weighted by Crippen LogP contribution is 2.54. The van der Waals surface area contributed by atoms with Crippen LogP contribution in [0.3, 0.4) is 0 Å². The Bertz CT molecular complexity index is 596. The van der Waals surface area contributed by atoms with E-state index in [1.807, 2.05) is 12.1 Å². The summed E-state index contributed by atoms with van der Waals surface area (Å²) < 4.78 is 0. The van der Waals surface area contributed by atoms with Crippen molar-refractivity contribution in [1.82, 2.24) is 5.32 Å². The molecule has 4 heteroatoms. The smallest absolute Gasteiger partial charge is 0.308 e. The first-order chi connectivity index (χ1) is 9.23. The number of carboxylic acid groups (broad SMARTS) is 1. The molecule has 19 heavy (non-hydrogen) atoms. The maximum absolute atomic E-state index is 11.5. The Balaban J connectivity index is 1.92. The average Bonchev–Trinajstić information content (AvgIpc) is 2.97. The Hall–Kier alpha value is -1.81. The molecule has 0 bridgehead atoms. The molecule has 1 aromatic carbocycles. The van der Waals surface area contributed by atoms with Crippen LogP contribution in [-0.2, 0) is 10.2 Å². The molecule has 1 fully saturated rings. The Labute approximate surface area is 111 Å². The lowest BCUT2D eigenvalue weighted by molar-refractivity contribution is -0.143. The molecule has 3 unspecified atom stereocenters. The molecule has 0 amide bonds. The van der Waals surface area contributed by atoms with Gasteiger partial charge in [-0.1, -0.05) is 24.3 Å². The molecule has 2 aliphatic heterocycles. The Kier molecular flexibility index (Phi) is 2.10. The minimum Gasteiger partial charge on any atom is -0.481 e. The van der Waals surface area contributed by atoms with Crippen LogP contribution < -0.4 is 10.6 Å². The third-order valence-electron chi connectivity index (χ3n) is 4.87. The van der Waals surface area contributed by atoms with Crippen molar-refractivity contribution < 1.29 is 9.90 Å². The number of benzene rings is 1.